The molecule has 0 unspecified atom stereocenters. The molecule has 0 fully saturated rings. The number of aryl methyl sites for hydroxylation is 1. The van der Waals surface area contributed by atoms with Gasteiger partial charge in [0.2, 0.25) is 0 Å². The fraction of sp³-hybridized carbons (Fsp3) is 0.455. The Hall–Kier alpha value is -0.940. The molecule has 0 spiro atoms. The summed E-state index contributed by atoms with van der Waals surface area (Å²) >= 11 is 0. The first kappa shape index (κ1) is 13.1. The molecule has 2 N–H and O–H groups in total. The molecule has 0 aliphatic carbocycles. The molecule has 3 nitrogen and oxygen atoms in total. The zero-order valence-electron chi connectivity index (χ0n) is 9.62. The van der Waals surface area contributed by atoms with E-state index in [2.05, 4.69) is 0 Å². The van der Waals surface area contributed by atoms with E-state index in [0.29, 0.717) is 5.56 Å². The topological polar surface area (TPSA) is 60.2 Å². The lowest BCUT2D eigenvalue weighted by Crippen LogP contribution is -2.40. The van der Waals surface area contributed by atoms with Crippen molar-refractivity contribution in [3.05, 3.63) is 29.6 Å². The molecule has 0 aliphatic heterocycles. The molecular weight excluding hydrogens is 229 g/mol. The van der Waals surface area contributed by atoms with Crippen molar-refractivity contribution in [2.24, 2.45) is 5.73 Å². The predicted octanol–water partition coefficient (Wildman–Crippen LogP) is 1.65. The van der Waals surface area contributed by atoms with E-state index in [-0.39, 0.29) is 10.6 Å². The highest BCUT2D eigenvalue weighted by atomic mass is 32.2. The van der Waals surface area contributed by atoms with Crippen LogP contribution in [0.1, 0.15) is 19.4 Å². The first-order chi connectivity index (χ1) is 7.12. The van der Waals surface area contributed by atoms with Crippen molar-refractivity contribution >= 4 is 9.84 Å². The number of rotatable bonds is 3. The highest BCUT2D eigenvalue weighted by molar-refractivity contribution is 7.91. The molecule has 0 amide bonds. The van der Waals surface area contributed by atoms with E-state index < -0.39 is 21.2 Å². The van der Waals surface area contributed by atoms with E-state index in [1.807, 2.05) is 0 Å². The van der Waals surface area contributed by atoms with E-state index in [4.69, 9.17) is 5.73 Å². The van der Waals surface area contributed by atoms with E-state index in [9.17, 15) is 12.8 Å². The van der Waals surface area contributed by atoms with Gasteiger partial charge in [-0.05, 0) is 44.5 Å². The van der Waals surface area contributed by atoms with Gasteiger partial charge in [-0.15, -0.1) is 0 Å². The highest BCUT2D eigenvalue weighted by Crippen LogP contribution is 2.20. The number of hydrogen-bond donors (Lipinski definition) is 1. The van der Waals surface area contributed by atoms with Crippen LogP contribution in [0.3, 0.4) is 0 Å². The van der Waals surface area contributed by atoms with Crippen molar-refractivity contribution in [1.29, 1.82) is 0 Å². The van der Waals surface area contributed by atoms with Gasteiger partial charge in [-0.1, -0.05) is 0 Å². The molecule has 1 aromatic rings. The second-order valence-electron chi connectivity index (χ2n) is 4.66. The van der Waals surface area contributed by atoms with Gasteiger partial charge >= 0.3 is 0 Å². The van der Waals surface area contributed by atoms with Crippen LogP contribution in [0.25, 0.3) is 0 Å². The van der Waals surface area contributed by atoms with E-state index in [1.54, 1.807) is 20.8 Å². The van der Waals surface area contributed by atoms with Crippen molar-refractivity contribution in [2.75, 3.05) is 5.75 Å². The maximum Gasteiger partial charge on any atom is 0.180 e. The number of hydrogen-bond acceptors (Lipinski definition) is 3. The van der Waals surface area contributed by atoms with Gasteiger partial charge in [-0.25, -0.2) is 12.8 Å². The Kier molecular flexibility index (Phi) is 3.40. The van der Waals surface area contributed by atoms with Crippen LogP contribution in [0.5, 0.6) is 0 Å². The van der Waals surface area contributed by atoms with Crippen LogP contribution in [0.4, 0.5) is 4.39 Å². The average molecular weight is 245 g/mol. The summed E-state index contributed by atoms with van der Waals surface area (Å²) in [5.74, 6) is -0.601. The minimum absolute atomic E-state index is 0.146. The van der Waals surface area contributed by atoms with Gasteiger partial charge in [0, 0.05) is 5.54 Å². The Morgan fingerprint density at radius 3 is 2.38 bits per heavy atom. The smallest absolute Gasteiger partial charge is 0.180 e. The van der Waals surface area contributed by atoms with Crippen molar-refractivity contribution in [3.8, 4) is 0 Å². The predicted molar refractivity (Wildman–Crippen MR) is 61.5 cm³/mol. The van der Waals surface area contributed by atoms with Crippen molar-refractivity contribution in [2.45, 2.75) is 31.2 Å². The number of benzene rings is 1. The molecule has 90 valence electrons. The summed E-state index contributed by atoms with van der Waals surface area (Å²) in [7, 11) is -3.46. The van der Waals surface area contributed by atoms with Gasteiger partial charge in [-0.2, -0.15) is 0 Å². The highest BCUT2D eigenvalue weighted by Gasteiger charge is 2.25. The quantitative estimate of drug-likeness (QED) is 0.824. The minimum Gasteiger partial charge on any atom is -0.325 e. The van der Waals surface area contributed by atoms with Crippen molar-refractivity contribution in [1.82, 2.24) is 0 Å². The van der Waals surface area contributed by atoms with Gasteiger partial charge in [0.05, 0.1) is 10.6 Å². The molecule has 0 heterocycles. The maximum absolute atomic E-state index is 12.9. The van der Waals surface area contributed by atoms with Crippen LogP contribution in [0, 0.1) is 12.7 Å². The molecule has 0 aliphatic rings. The fourth-order valence-electron chi connectivity index (χ4n) is 1.53. The van der Waals surface area contributed by atoms with Gasteiger partial charge in [0.25, 0.3) is 0 Å². The molecule has 0 aromatic heterocycles. The monoisotopic (exact) mass is 245 g/mol. The third-order valence-electron chi connectivity index (χ3n) is 2.03. The van der Waals surface area contributed by atoms with Gasteiger partial charge in [0.1, 0.15) is 5.82 Å². The Balaban J connectivity index is 3.18. The Morgan fingerprint density at radius 2 is 1.94 bits per heavy atom. The van der Waals surface area contributed by atoms with Crippen LogP contribution in [-0.2, 0) is 9.84 Å². The third kappa shape index (κ3) is 3.28. The summed E-state index contributed by atoms with van der Waals surface area (Å²) in [6.07, 6.45) is 0. The number of nitrogens with two attached hydrogens (primary N) is 1. The maximum atomic E-state index is 12.9. The lowest BCUT2D eigenvalue weighted by atomic mass is 10.1. The van der Waals surface area contributed by atoms with Crippen LogP contribution < -0.4 is 5.73 Å². The molecule has 0 saturated carbocycles. The van der Waals surface area contributed by atoms with E-state index in [0.717, 1.165) is 6.07 Å². The molecule has 0 atom stereocenters. The van der Waals surface area contributed by atoms with Crippen molar-refractivity contribution < 1.29 is 12.8 Å². The number of halogens is 1. The molecule has 0 bridgehead atoms. The van der Waals surface area contributed by atoms with Crippen LogP contribution in [0.15, 0.2) is 23.1 Å². The number of sulfone groups is 1. The summed E-state index contributed by atoms with van der Waals surface area (Å²) in [6, 6.07) is 3.63. The molecule has 1 rings (SSSR count). The first-order valence-electron chi connectivity index (χ1n) is 4.90. The molecule has 1 aromatic carbocycles. The summed E-state index contributed by atoms with van der Waals surface area (Å²) in [5, 5.41) is 0. The van der Waals surface area contributed by atoms with Crippen LogP contribution in [-0.4, -0.2) is 19.7 Å². The summed E-state index contributed by atoms with van der Waals surface area (Å²) < 4.78 is 36.8. The molecule has 0 saturated heterocycles. The Labute approximate surface area is 95.4 Å². The molecule has 0 radical (unpaired) electrons. The summed E-state index contributed by atoms with van der Waals surface area (Å²) in [5.41, 5.74) is 5.29. The van der Waals surface area contributed by atoms with E-state index in [1.165, 1.54) is 12.1 Å². The second-order valence-corrected chi connectivity index (χ2v) is 6.62. The lowest BCUT2D eigenvalue weighted by molar-refractivity contribution is 0.543. The normalized spacial score (nSPS) is 12.8. The summed E-state index contributed by atoms with van der Waals surface area (Å²) in [4.78, 5) is 0.146. The van der Waals surface area contributed by atoms with Gasteiger partial charge in [0.15, 0.2) is 9.84 Å². The SMILES string of the molecule is Cc1cc(F)ccc1S(=O)(=O)CC(C)(C)N. The standard InChI is InChI=1S/C11H16FNO2S/c1-8-6-9(12)4-5-10(8)16(14,15)7-11(2,3)13/h4-6H,7,13H2,1-3H3. The Morgan fingerprint density at radius 1 is 1.38 bits per heavy atom. The lowest BCUT2D eigenvalue weighted by Gasteiger charge is -2.19. The van der Waals surface area contributed by atoms with Crippen molar-refractivity contribution in [3.63, 3.8) is 0 Å². The van der Waals surface area contributed by atoms with Crippen LogP contribution >= 0.6 is 0 Å². The summed E-state index contributed by atoms with van der Waals surface area (Å²) in [6.45, 7) is 4.85. The minimum atomic E-state index is -3.46. The third-order valence-corrected chi connectivity index (χ3v) is 4.29. The largest absolute Gasteiger partial charge is 0.325 e. The molecule has 5 heteroatoms. The molecule has 16 heavy (non-hydrogen) atoms. The van der Waals surface area contributed by atoms with E-state index >= 15 is 0 Å². The fourth-order valence-corrected chi connectivity index (χ4v) is 3.49. The zero-order valence-corrected chi connectivity index (χ0v) is 10.4. The van der Waals surface area contributed by atoms with Gasteiger partial charge in [-0.3, -0.25) is 0 Å². The zero-order chi connectivity index (χ0) is 12.6. The average Bonchev–Trinajstić information content (AvgIpc) is 1.97. The van der Waals surface area contributed by atoms with Gasteiger partial charge < -0.3 is 5.73 Å². The first-order valence-corrected chi connectivity index (χ1v) is 6.55. The second kappa shape index (κ2) is 4.14. The van der Waals surface area contributed by atoms with Crippen LogP contribution in [0.2, 0.25) is 0 Å². The molecular formula is C11H16FNO2S. The Bertz CT molecular complexity index is 489.